The fourth-order valence-electron chi connectivity index (χ4n) is 4.87. The van der Waals surface area contributed by atoms with Gasteiger partial charge in [-0.3, -0.25) is 4.79 Å². The Morgan fingerprint density at radius 2 is 1.92 bits per heavy atom. The van der Waals surface area contributed by atoms with Crippen molar-refractivity contribution in [3.8, 4) is 5.88 Å². The number of Topliss-reactive ketones (excluding diaryl/α,β-unsaturated/α-hetero) is 1. The number of hydrogen-bond acceptors (Lipinski definition) is 5. The first-order valence-electron chi connectivity index (χ1n) is 10.1. The number of nitrogen functional groups attached to an aromatic ring is 1. The second-order valence-electron chi connectivity index (χ2n) is 8.07. The van der Waals surface area contributed by atoms with Crippen LogP contribution in [0, 0.1) is 11.8 Å². The molecule has 0 aromatic carbocycles. The highest BCUT2D eigenvalue weighted by Gasteiger charge is 2.33. The molecule has 2 fully saturated rings. The van der Waals surface area contributed by atoms with E-state index < -0.39 is 0 Å². The van der Waals surface area contributed by atoms with Gasteiger partial charge in [0.1, 0.15) is 11.6 Å². The van der Waals surface area contributed by atoms with Crippen LogP contribution in [0.15, 0.2) is 12.1 Å². The molecule has 0 radical (unpaired) electrons. The molecule has 2 aliphatic rings. The standard InChI is InChI=1S/C21H33N3O2/c1-15(25)20(18-8-9-19(22)23-21(18)26-2)17-10-12-24(13-11-17)14-16-6-4-3-5-7-16/h8-9,16-17,20H,3-7,10-14H2,1-2H3,(H2,22,23). The SMILES string of the molecule is COc1nc(N)ccc1C(C(C)=O)C1CCN(CC2CCCCC2)CC1. The summed E-state index contributed by atoms with van der Waals surface area (Å²) in [7, 11) is 1.59. The first kappa shape index (κ1) is 19.2. The van der Waals surface area contributed by atoms with Crippen molar-refractivity contribution in [2.45, 2.75) is 57.8 Å². The van der Waals surface area contributed by atoms with Crippen LogP contribution in [0.5, 0.6) is 5.88 Å². The summed E-state index contributed by atoms with van der Waals surface area (Å²) in [5, 5.41) is 0. The summed E-state index contributed by atoms with van der Waals surface area (Å²) in [6.45, 7) is 5.12. The Hall–Kier alpha value is -1.62. The second-order valence-corrected chi connectivity index (χ2v) is 8.07. The van der Waals surface area contributed by atoms with Gasteiger partial charge in [-0.1, -0.05) is 19.3 Å². The quantitative estimate of drug-likeness (QED) is 0.840. The van der Waals surface area contributed by atoms with Crippen molar-refractivity contribution in [1.82, 2.24) is 9.88 Å². The minimum Gasteiger partial charge on any atom is -0.481 e. The number of rotatable bonds is 6. The molecule has 0 bridgehead atoms. The topological polar surface area (TPSA) is 68.5 Å². The van der Waals surface area contributed by atoms with E-state index in [1.165, 1.54) is 38.6 Å². The van der Waals surface area contributed by atoms with E-state index in [4.69, 9.17) is 10.5 Å². The number of ketones is 1. The van der Waals surface area contributed by atoms with Gasteiger partial charge in [-0.2, -0.15) is 4.98 Å². The van der Waals surface area contributed by atoms with Crippen molar-refractivity contribution in [2.24, 2.45) is 11.8 Å². The number of pyridine rings is 1. The van der Waals surface area contributed by atoms with Gasteiger partial charge in [0.25, 0.3) is 0 Å². The fraction of sp³-hybridized carbons (Fsp3) is 0.714. The summed E-state index contributed by atoms with van der Waals surface area (Å²) < 4.78 is 5.42. The van der Waals surface area contributed by atoms with E-state index in [1.54, 1.807) is 20.1 Å². The normalized spacial score (nSPS) is 21.5. The molecule has 0 amide bonds. The molecule has 3 rings (SSSR count). The maximum absolute atomic E-state index is 12.5. The predicted octanol–water partition coefficient (Wildman–Crippen LogP) is 3.64. The first-order chi connectivity index (χ1) is 12.6. The summed E-state index contributed by atoms with van der Waals surface area (Å²) in [6, 6.07) is 3.69. The molecule has 1 unspecified atom stereocenters. The Kier molecular flexibility index (Phi) is 6.52. The Morgan fingerprint density at radius 3 is 2.54 bits per heavy atom. The molecule has 1 aromatic rings. The predicted molar refractivity (Wildman–Crippen MR) is 104 cm³/mol. The van der Waals surface area contributed by atoms with Crippen LogP contribution < -0.4 is 10.5 Å². The number of carbonyl (C=O) groups excluding carboxylic acids is 1. The number of hydrogen-bond donors (Lipinski definition) is 1. The van der Waals surface area contributed by atoms with Gasteiger partial charge in [-0.05, 0) is 69.7 Å². The first-order valence-corrected chi connectivity index (χ1v) is 10.1. The van der Waals surface area contributed by atoms with Crippen LogP contribution in [0.3, 0.4) is 0 Å². The van der Waals surface area contributed by atoms with Crippen molar-refractivity contribution < 1.29 is 9.53 Å². The van der Waals surface area contributed by atoms with Crippen molar-refractivity contribution in [2.75, 3.05) is 32.5 Å². The van der Waals surface area contributed by atoms with Crippen molar-refractivity contribution >= 4 is 11.6 Å². The summed E-state index contributed by atoms with van der Waals surface area (Å²) in [5.41, 5.74) is 6.67. The van der Waals surface area contributed by atoms with E-state index in [-0.39, 0.29) is 11.7 Å². The zero-order valence-corrected chi connectivity index (χ0v) is 16.2. The lowest BCUT2D eigenvalue weighted by molar-refractivity contribution is -0.120. The minimum absolute atomic E-state index is 0.144. The third-order valence-corrected chi connectivity index (χ3v) is 6.22. The molecule has 1 saturated carbocycles. The van der Waals surface area contributed by atoms with Crippen molar-refractivity contribution in [1.29, 1.82) is 0 Å². The molecule has 1 aliphatic heterocycles. The highest BCUT2D eigenvalue weighted by atomic mass is 16.5. The largest absolute Gasteiger partial charge is 0.481 e. The lowest BCUT2D eigenvalue weighted by Crippen LogP contribution is -2.39. The summed E-state index contributed by atoms with van der Waals surface area (Å²) in [5.74, 6) is 2.21. The summed E-state index contributed by atoms with van der Waals surface area (Å²) >= 11 is 0. The van der Waals surface area contributed by atoms with Crippen molar-refractivity contribution in [3.63, 3.8) is 0 Å². The average Bonchev–Trinajstić information content (AvgIpc) is 2.65. The molecular weight excluding hydrogens is 326 g/mol. The molecule has 5 heteroatoms. The van der Waals surface area contributed by atoms with Gasteiger partial charge in [0, 0.05) is 12.1 Å². The van der Waals surface area contributed by atoms with Gasteiger partial charge in [-0.15, -0.1) is 0 Å². The third kappa shape index (κ3) is 4.56. The van der Waals surface area contributed by atoms with E-state index in [0.29, 0.717) is 17.6 Å². The molecular formula is C21H33N3O2. The number of aromatic nitrogens is 1. The Labute approximate surface area is 157 Å². The number of nitrogens with zero attached hydrogens (tertiary/aromatic N) is 2. The lowest BCUT2D eigenvalue weighted by Gasteiger charge is -2.37. The van der Waals surface area contributed by atoms with E-state index in [0.717, 1.165) is 37.4 Å². The van der Waals surface area contributed by atoms with Crippen LogP contribution >= 0.6 is 0 Å². The molecule has 5 nitrogen and oxygen atoms in total. The van der Waals surface area contributed by atoms with Gasteiger partial charge in [-0.25, -0.2) is 0 Å². The highest BCUT2D eigenvalue weighted by molar-refractivity contribution is 5.84. The Bertz CT molecular complexity index is 605. The molecule has 0 spiro atoms. The Balaban J connectivity index is 1.64. The maximum atomic E-state index is 12.5. The number of carbonyl (C=O) groups is 1. The van der Waals surface area contributed by atoms with E-state index >= 15 is 0 Å². The van der Waals surface area contributed by atoms with Gasteiger partial charge in [0.2, 0.25) is 5.88 Å². The summed E-state index contributed by atoms with van der Waals surface area (Å²) in [6.07, 6.45) is 9.12. The number of anilines is 1. The monoisotopic (exact) mass is 359 g/mol. The number of ether oxygens (including phenoxy) is 1. The van der Waals surface area contributed by atoms with E-state index in [9.17, 15) is 4.79 Å². The van der Waals surface area contributed by atoms with Crippen LogP contribution in [0.1, 0.15) is 63.4 Å². The van der Waals surface area contributed by atoms with E-state index in [2.05, 4.69) is 9.88 Å². The zero-order chi connectivity index (χ0) is 18.5. The molecule has 2 N–H and O–H groups in total. The van der Waals surface area contributed by atoms with Gasteiger partial charge >= 0.3 is 0 Å². The lowest BCUT2D eigenvalue weighted by atomic mass is 9.78. The van der Waals surface area contributed by atoms with Crippen molar-refractivity contribution in [3.05, 3.63) is 17.7 Å². The third-order valence-electron chi connectivity index (χ3n) is 6.22. The number of nitrogens with two attached hydrogens (primary N) is 1. The van der Waals surface area contributed by atoms with Gasteiger partial charge < -0.3 is 15.4 Å². The molecule has 1 atom stereocenters. The second kappa shape index (κ2) is 8.85. The Morgan fingerprint density at radius 1 is 1.23 bits per heavy atom. The molecule has 1 aliphatic carbocycles. The average molecular weight is 360 g/mol. The van der Waals surface area contributed by atoms with Crippen LogP contribution in [0.25, 0.3) is 0 Å². The van der Waals surface area contributed by atoms with Crippen LogP contribution in [0.2, 0.25) is 0 Å². The molecule has 2 heterocycles. The number of likely N-dealkylation sites (tertiary alicyclic amines) is 1. The molecule has 144 valence electrons. The van der Waals surface area contributed by atoms with Gasteiger partial charge in [0.15, 0.2) is 0 Å². The maximum Gasteiger partial charge on any atom is 0.218 e. The number of piperidine rings is 1. The zero-order valence-electron chi connectivity index (χ0n) is 16.2. The summed E-state index contributed by atoms with van der Waals surface area (Å²) in [4.78, 5) is 19.4. The fourth-order valence-corrected chi connectivity index (χ4v) is 4.87. The van der Waals surface area contributed by atoms with Crippen LogP contribution in [0.4, 0.5) is 5.82 Å². The minimum atomic E-state index is -0.144. The molecule has 1 saturated heterocycles. The van der Waals surface area contributed by atoms with Crippen LogP contribution in [-0.2, 0) is 4.79 Å². The smallest absolute Gasteiger partial charge is 0.218 e. The van der Waals surface area contributed by atoms with E-state index in [1.807, 2.05) is 6.07 Å². The molecule has 1 aromatic heterocycles. The molecule has 26 heavy (non-hydrogen) atoms. The van der Waals surface area contributed by atoms with Crippen LogP contribution in [-0.4, -0.2) is 42.4 Å². The van der Waals surface area contributed by atoms with Gasteiger partial charge in [0.05, 0.1) is 13.0 Å². The highest BCUT2D eigenvalue weighted by Crippen LogP contribution is 2.38. The number of methoxy groups -OCH3 is 1.